The Kier molecular flexibility index (Phi) is 16.3. The number of allylic oxidation sites excluding steroid dienone is 9. The van der Waals surface area contributed by atoms with Crippen molar-refractivity contribution in [3.05, 3.63) is 106 Å². The maximum absolute atomic E-state index is 12.9. The van der Waals surface area contributed by atoms with E-state index in [4.69, 9.17) is 9.47 Å². The van der Waals surface area contributed by atoms with Gasteiger partial charge in [0.05, 0.1) is 18.3 Å². The van der Waals surface area contributed by atoms with E-state index >= 15 is 0 Å². The molecule has 1 heterocycles. The van der Waals surface area contributed by atoms with Crippen molar-refractivity contribution >= 4 is 6.29 Å². The molecule has 0 radical (unpaired) electrons. The molecule has 2 fully saturated rings. The third-order valence-electron chi connectivity index (χ3n) is 13.9. The minimum atomic E-state index is -1.25. The lowest BCUT2D eigenvalue weighted by Crippen LogP contribution is -2.65. The van der Waals surface area contributed by atoms with Gasteiger partial charge in [-0.1, -0.05) is 78.4 Å². The highest BCUT2D eigenvalue weighted by Gasteiger charge is 2.68. The number of benzene rings is 1. The molecule has 4 bridgehead atoms. The van der Waals surface area contributed by atoms with E-state index in [1.165, 1.54) is 11.1 Å². The molecule has 10 nitrogen and oxygen atoms in total. The van der Waals surface area contributed by atoms with E-state index in [9.17, 15) is 30.3 Å². The van der Waals surface area contributed by atoms with Crippen LogP contribution in [0.15, 0.2) is 95.2 Å². The number of hydrogen-bond donors (Lipinski definition) is 7. The molecule has 1 aromatic rings. The Morgan fingerprint density at radius 1 is 1.16 bits per heavy atom. The second kappa shape index (κ2) is 20.5. The molecule has 4 aliphatic rings. The first-order valence-electron chi connectivity index (χ1n) is 21.2. The van der Waals surface area contributed by atoms with Gasteiger partial charge in [-0.25, -0.2) is 0 Å². The molecule has 320 valence electrons. The van der Waals surface area contributed by atoms with Crippen molar-refractivity contribution in [1.82, 2.24) is 10.6 Å². The van der Waals surface area contributed by atoms with Crippen LogP contribution in [-0.4, -0.2) is 103 Å². The average Bonchev–Trinajstić information content (AvgIpc) is 3.55. The Bertz CT molecular complexity index is 1730. The zero-order valence-corrected chi connectivity index (χ0v) is 35.5. The van der Waals surface area contributed by atoms with Crippen LogP contribution < -0.4 is 10.6 Å². The average molecular weight is 803 g/mol. The van der Waals surface area contributed by atoms with Crippen LogP contribution in [-0.2, 0) is 27.1 Å². The highest BCUT2D eigenvalue weighted by atomic mass is 16.6. The normalized spacial score (nSPS) is 35.1. The lowest BCUT2D eigenvalue weighted by atomic mass is 9.45. The number of aldehydes is 1. The molecular weight excluding hydrogens is 733 g/mol. The fraction of sp³-hybridized carbons (Fsp3) is 0.604. The van der Waals surface area contributed by atoms with Crippen molar-refractivity contribution in [2.75, 3.05) is 47.3 Å². The molecule has 2 saturated carbocycles. The largest absolute Gasteiger partial charge is 0.396 e. The predicted octanol–water partition coefficient (Wildman–Crippen LogP) is 5.26. The summed E-state index contributed by atoms with van der Waals surface area (Å²) in [7, 11) is 3.55. The van der Waals surface area contributed by atoms with Crippen molar-refractivity contribution in [2.24, 2.45) is 35.0 Å². The molecule has 5 rings (SSSR count). The number of rotatable bonds is 16. The number of aliphatic hydroxyl groups excluding tert-OH is 4. The quantitative estimate of drug-likeness (QED) is 0.0386. The molecule has 0 aromatic heterocycles. The summed E-state index contributed by atoms with van der Waals surface area (Å²) in [6, 6.07) is 8.63. The molecule has 3 aliphatic carbocycles. The van der Waals surface area contributed by atoms with Gasteiger partial charge in [0.25, 0.3) is 0 Å². The van der Waals surface area contributed by atoms with E-state index in [-0.39, 0.29) is 48.3 Å². The van der Waals surface area contributed by atoms with Gasteiger partial charge in [0, 0.05) is 43.1 Å². The number of ether oxygens (including phenoxy) is 2. The van der Waals surface area contributed by atoms with Crippen LogP contribution in [0.4, 0.5) is 0 Å². The van der Waals surface area contributed by atoms with Crippen LogP contribution in [0.1, 0.15) is 76.8 Å². The molecule has 1 aliphatic heterocycles. The Morgan fingerprint density at radius 3 is 2.64 bits per heavy atom. The summed E-state index contributed by atoms with van der Waals surface area (Å²) in [4.78, 5) is 12.4. The van der Waals surface area contributed by atoms with Crippen molar-refractivity contribution < 1.29 is 39.8 Å². The zero-order valence-electron chi connectivity index (χ0n) is 35.5. The fourth-order valence-electron chi connectivity index (χ4n) is 10.9. The van der Waals surface area contributed by atoms with Crippen LogP contribution in [0.5, 0.6) is 0 Å². The Balaban J connectivity index is 1.47. The maximum Gasteiger partial charge on any atom is 0.145 e. The van der Waals surface area contributed by atoms with Gasteiger partial charge in [-0.05, 0) is 138 Å². The number of aliphatic hydroxyl groups is 5. The monoisotopic (exact) mass is 803 g/mol. The first-order chi connectivity index (χ1) is 27.8. The Labute approximate surface area is 346 Å². The summed E-state index contributed by atoms with van der Waals surface area (Å²) in [5.74, 6) is -0.978. The van der Waals surface area contributed by atoms with E-state index < -0.39 is 30.1 Å². The van der Waals surface area contributed by atoms with E-state index in [0.717, 1.165) is 47.8 Å². The van der Waals surface area contributed by atoms with Crippen LogP contribution in [0.2, 0.25) is 0 Å². The predicted molar refractivity (Wildman–Crippen MR) is 229 cm³/mol. The number of hydrogen-bond acceptors (Lipinski definition) is 10. The smallest absolute Gasteiger partial charge is 0.145 e. The topological polar surface area (TPSA) is 161 Å². The van der Waals surface area contributed by atoms with Gasteiger partial charge < -0.3 is 40.3 Å². The summed E-state index contributed by atoms with van der Waals surface area (Å²) in [6.45, 7) is 11.1. The number of nitrogens with one attached hydrogen (secondary N) is 2. The van der Waals surface area contributed by atoms with Crippen LogP contribution >= 0.6 is 0 Å². The summed E-state index contributed by atoms with van der Waals surface area (Å²) >= 11 is 0. The third-order valence-corrected chi connectivity index (χ3v) is 13.9. The van der Waals surface area contributed by atoms with Crippen molar-refractivity contribution in [2.45, 2.75) is 102 Å². The molecule has 0 saturated heterocycles. The highest BCUT2D eigenvalue weighted by Crippen LogP contribution is 2.67. The summed E-state index contributed by atoms with van der Waals surface area (Å²) in [6.07, 6.45) is 16.6. The standard InChI is InChI=1S/C48H70N2O8/c1-32(38-14-13-33(2)45(55)50-46(4,21-24-57-6)27-36-11-8-10-35(25-36)26-38)9-7-12-40(30-58-31-53)41-17-19-48(44(41)54)43-37(18-23-51)15-16-39(42(43)34(3)29-52)28-47(48,56)20-22-49-5/h7-13,15-16,25,29,37-39,41,43-45,49-51,53-56H,1,14,17-24,26-28,30-31H2,2-6H3/t37-,38-,39-,41+,43+,44+,45+,46-,47+,48+/m0/s1. The van der Waals surface area contributed by atoms with Crippen molar-refractivity contribution in [3.8, 4) is 0 Å². The fourth-order valence-corrected chi connectivity index (χ4v) is 10.9. The first-order valence-corrected chi connectivity index (χ1v) is 21.2. The second-order valence-electron chi connectivity index (χ2n) is 17.7. The molecular formula is C48H70N2O8. The molecule has 0 unspecified atom stereocenters. The minimum absolute atomic E-state index is 0.0466. The van der Waals surface area contributed by atoms with Crippen molar-refractivity contribution in [3.63, 3.8) is 0 Å². The van der Waals surface area contributed by atoms with Gasteiger partial charge >= 0.3 is 0 Å². The van der Waals surface area contributed by atoms with Crippen LogP contribution in [0, 0.1) is 35.0 Å². The number of carbonyl (C=O) groups is 1. The summed E-state index contributed by atoms with van der Waals surface area (Å²) in [5.41, 5.74) is 3.95. The summed E-state index contributed by atoms with van der Waals surface area (Å²) in [5, 5.41) is 63.5. The molecule has 10 heteroatoms. The van der Waals surface area contributed by atoms with Gasteiger partial charge in [-0.15, -0.1) is 0 Å². The first kappa shape index (κ1) is 46.0. The molecule has 1 spiro atoms. The molecule has 1 aromatic carbocycles. The number of methoxy groups -OCH3 is 1. The minimum Gasteiger partial charge on any atom is -0.396 e. The highest BCUT2D eigenvalue weighted by molar-refractivity contribution is 5.74. The van der Waals surface area contributed by atoms with Gasteiger partial charge in [-0.3, -0.25) is 10.1 Å². The Morgan fingerprint density at radius 2 is 1.93 bits per heavy atom. The van der Waals surface area contributed by atoms with E-state index in [0.29, 0.717) is 57.2 Å². The lowest BCUT2D eigenvalue weighted by Gasteiger charge is -2.61. The van der Waals surface area contributed by atoms with Crippen LogP contribution in [0.25, 0.3) is 0 Å². The van der Waals surface area contributed by atoms with E-state index in [2.05, 4.69) is 66.6 Å². The molecule has 58 heavy (non-hydrogen) atoms. The SMILES string of the molecule is C=C(C=CC=C(COCO)[C@H]1CC[C@]2([C@@H]1O)[C@H]1C(=C(C)C=O)[C@@H](C=C[C@H]1CCO)C[C@]2(O)CCNC)[C@H]1CC=C(C)[C@@H](O)N[C@@](C)(CCOC)Cc2cccc(c2)C1. The van der Waals surface area contributed by atoms with Crippen molar-refractivity contribution in [1.29, 1.82) is 0 Å². The second-order valence-corrected chi connectivity index (χ2v) is 17.7. The Hall–Kier alpha value is -3.03. The van der Waals surface area contributed by atoms with Gasteiger partial charge in [0.1, 0.15) is 19.3 Å². The van der Waals surface area contributed by atoms with Crippen LogP contribution in [0.3, 0.4) is 0 Å². The number of carbonyl (C=O) groups excluding carboxylic acids is 1. The van der Waals surface area contributed by atoms with E-state index in [1.807, 2.05) is 39.1 Å². The summed E-state index contributed by atoms with van der Waals surface area (Å²) < 4.78 is 11.0. The van der Waals surface area contributed by atoms with Gasteiger partial charge in [0.2, 0.25) is 0 Å². The third kappa shape index (κ3) is 9.94. The van der Waals surface area contributed by atoms with Gasteiger partial charge in [-0.2, -0.15) is 0 Å². The molecule has 10 atom stereocenters. The maximum atomic E-state index is 12.9. The van der Waals surface area contributed by atoms with E-state index in [1.54, 1.807) is 7.11 Å². The zero-order chi connectivity index (χ0) is 42.1. The molecule has 7 N–H and O–H groups in total. The molecule has 0 amide bonds. The lowest BCUT2D eigenvalue weighted by molar-refractivity contribution is -0.194. The van der Waals surface area contributed by atoms with Gasteiger partial charge in [0.15, 0.2) is 0 Å². The number of fused-ring (bicyclic) bond motifs is 5.